The van der Waals surface area contributed by atoms with E-state index >= 15 is 0 Å². The first kappa shape index (κ1) is 15.3. The molecule has 0 aliphatic rings. The highest BCUT2D eigenvalue weighted by Gasteiger charge is 2.09. The first-order valence-corrected chi connectivity index (χ1v) is 6.74. The van der Waals surface area contributed by atoms with Crippen LogP contribution in [0.5, 0.6) is 11.5 Å². The van der Waals surface area contributed by atoms with Crippen LogP contribution in [-0.4, -0.2) is 19.1 Å². The van der Waals surface area contributed by atoms with Crippen LogP contribution in [-0.2, 0) is 11.3 Å². The van der Waals surface area contributed by atoms with Crippen molar-refractivity contribution in [2.75, 3.05) is 13.2 Å². The Bertz CT molecular complexity index is 416. The van der Waals surface area contributed by atoms with Crippen LogP contribution in [0, 0.1) is 5.92 Å². The van der Waals surface area contributed by atoms with Crippen molar-refractivity contribution in [2.24, 2.45) is 5.92 Å². The summed E-state index contributed by atoms with van der Waals surface area (Å²) in [6.45, 7) is 9.31. The molecule has 0 saturated carbocycles. The molecule has 1 amide bonds. The number of rotatable bonds is 7. The number of carbonyl (C=O) groups excluding carboxylic acids is 1. The fraction of sp³-hybridized carbons (Fsp3) is 0.533. The summed E-state index contributed by atoms with van der Waals surface area (Å²) in [5.74, 6) is 1.50. The second-order valence-corrected chi connectivity index (χ2v) is 4.52. The molecule has 4 nitrogen and oxygen atoms in total. The summed E-state index contributed by atoms with van der Waals surface area (Å²) < 4.78 is 11.0. The van der Waals surface area contributed by atoms with Gasteiger partial charge in [-0.3, -0.25) is 4.79 Å². The van der Waals surface area contributed by atoms with Crippen LogP contribution >= 0.6 is 0 Å². The zero-order valence-corrected chi connectivity index (χ0v) is 12.2. The van der Waals surface area contributed by atoms with Crippen LogP contribution in [0.25, 0.3) is 0 Å². The van der Waals surface area contributed by atoms with Gasteiger partial charge in [-0.1, -0.05) is 19.9 Å². The summed E-state index contributed by atoms with van der Waals surface area (Å²) >= 11 is 0. The minimum Gasteiger partial charge on any atom is -0.490 e. The van der Waals surface area contributed by atoms with Gasteiger partial charge in [0.25, 0.3) is 0 Å². The van der Waals surface area contributed by atoms with E-state index < -0.39 is 0 Å². The van der Waals surface area contributed by atoms with E-state index in [4.69, 9.17) is 9.47 Å². The maximum atomic E-state index is 11.5. The van der Waals surface area contributed by atoms with E-state index in [1.807, 2.05) is 45.9 Å². The van der Waals surface area contributed by atoms with Gasteiger partial charge in [-0.2, -0.15) is 0 Å². The number of ether oxygens (including phenoxy) is 2. The molecule has 1 N–H and O–H groups in total. The quantitative estimate of drug-likeness (QED) is 0.824. The molecule has 0 aliphatic carbocycles. The smallest absolute Gasteiger partial charge is 0.222 e. The van der Waals surface area contributed by atoms with Gasteiger partial charge in [0.05, 0.1) is 13.2 Å². The van der Waals surface area contributed by atoms with Crippen molar-refractivity contribution in [1.82, 2.24) is 5.32 Å². The van der Waals surface area contributed by atoms with Gasteiger partial charge in [-0.15, -0.1) is 0 Å². The topological polar surface area (TPSA) is 47.6 Å². The highest BCUT2D eigenvalue weighted by molar-refractivity contribution is 5.77. The highest BCUT2D eigenvalue weighted by Crippen LogP contribution is 2.28. The van der Waals surface area contributed by atoms with Gasteiger partial charge in [0.1, 0.15) is 0 Å². The van der Waals surface area contributed by atoms with Crippen LogP contribution in [0.3, 0.4) is 0 Å². The summed E-state index contributed by atoms with van der Waals surface area (Å²) in [4.78, 5) is 11.5. The third-order valence-corrected chi connectivity index (χ3v) is 2.60. The van der Waals surface area contributed by atoms with Gasteiger partial charge in [-0.05, 0) is 31.5 Å². The van der Waals surface area contributed by atoms with Crippen molar-refractivity contribution in [2.45, 2.75) is 34.2 Å². The largest absolute Gasteiger partial charge is 0.490 e. The molecular formula is C15H23NO3. The molecule has 0 spiro atoms. The third kappa shape index (κ3) is 4.81. The van der Waals surface area contributed by atoms with Gasteiger partial charge in [0.15, 0.2) is 11.5 Å². The van der Waals surface area contributed by atoms with Crippen molar-refractivity contribution >= 4 is 5.91 Å². The molecule has 1 rings (SSSR count). The molecule has 4 heteroatoms. The van der Waals surface area contributed by atoms with E-state index in [0.717, 1.165) is 17.1 Å². The highest BCUT2D eigenvalue weighted by atomic mass is 16.5. The Morgan fingerprint density at radius 1 is 1.16 bits per heavy atom. The Morgan fingerprint density at radius 3 is 2.37 bits per heavy atom. The molecule has 106 valence electrons. The van der Waals surface area contributed by atoms with E-state index in [2.05, 4.69) is 5.32 Å². The van der Waals surface area contributed by atoms with Crippen LogP contribution in [0.4, 0.5) is 0 Å². The summed E-state index contributed by atoms with van der Waals surface area (Å²) in [6.07, 6.45) is 0. The summed E-state index contributed by atoms with van der Waals surface area (Å²) in [7, 11) is 0. The molecule has 0 bridgehead atoms. The van der Waals surface area contributed by atoms with Crippen LogP contribution in [0.2, 0.25) is 0 Å². The zero-order chi connectivity index (χ0) is 14.3. The van der Waals surface area contributed by atoms with Crippen molar-refractivity contribution in [3.63, 3.8) is 0 Å². The molecular weight excluding hydrogens is 242 g/mol. The Hall–Kier alpha value is -1.71. The molecule has 1 aromatic rings. The third-order valence-electron chi connectivity index (χ3n) is 2.60. The van der Waals surface area contributed by atoms with Crippen molar-refractivity contribution < 1.29 is 14.3 Å². The minimum atomic E-state index is -0.00550. The lowest BCUT2D eigenvalue weighted by Crippen LogP contribution is -2.27. The molecule has 0 aromatic heterocycles. The van der Waals surface area contributed by atoms with Crippen molar-refractivity contribution in [3.8, 4) is 11.5 Å². The fourth-order valence-electron chi connectivity index (χ4n) is 1.60. The SMILES string of the molecule is CCOc1ccc(CNC(=O)C(C)C)cc1OCC. The lowest BCUT2D eigenvalue weighted by atomic mass is 10.1. The first-order chi connectivity index (χ1) is 9.08. The van der Waals surface area contributed by atoms with E-state index in [1.54, 1.807) is 0 Å². The predicted octanol–water partition coefficient (Wildman–Crippen LogP) is 2.76. The lowest BCUT2D eigenvalue weighted by Gasteiger charge is -2.13. The molecule has 0 radical (unpaired) electrons. The Labute approximate surface area is 115 Å². The molecule has 1 aromatic carbocycles. The predicted molar refractivity (Wildman–Crippen MR) is 75.5 cm³/mol. The van der Waals surface area contributed by atoms with Crippen LogP contribution < -0.4 is 14.8 Å². The normalized spacial score (nSPS) is 10.4. The number of hydrogen-bond donors (Lipinski definition) is 1. The van der Waals surface area contributed by atoms with E-state index in [1.165, 1.54) is 0 Å². The van der Waals surface area contributed by atoms with Crippen LogP contribution in [0.1, 0.15) is 33.3 Å². The number of amides is 1. The number of hydrogen-bond acceptors (Lipinski definition) is 3. The molecule has 19 heavy (non-hydrogen) atoms. The Balaban J connectivity index is 2.74. The van der Waals surface area contributed by atoms with Crippen molar-refractivity contribution in [3.05, 3.63) is 23.8 Å². The van der Waals surface area contributed by atoms with Crippen LogP contribution in [0.15, 0.2) is 18.2 Å². The van der Waals surface area contributed by atoms with Gasteiger partial charge in [0, 0.05) is 12.5 Å². The second-order valence-electron chi connectivity index (χ2n) is 4.52. The van der Waals surface area contributed by atoms with Gasteiger partial charge in [0.2, 0.25) is 5.91 Å². The Kier molecular flexibility index (Phi) is 6.19. The Morgan fingerprint density at radius 2 is 1.79 bits per heavy atom. The molecule has 0 unspecified atom stereocenters. The fourth-order valence-corrected chi connectivity index (χ4v) is 1.60. The molecule has 0 aliphatic heterocycles. The molecule has 0 atom stereocenters. The first-order valence-electron chi connectivity index (χ1n) is 6.74. The standard InChI is InChI=1S/C15H23NO3/c1-5-18-13-8-7-12(9-14(13)19-6-2)10-16-15(17)11(3)4/h7-9,11H,5-6,10H2,1-4H3,(H,16,17). The minimum absolute atomic E-state index is 0.00550. The summed E-state index contributed by atoms with van der Waals surface area (Å²) in [6, 6.07) is 5.73. The van der Waals surface area contributed by atoms with Gasteiger partial charge in [-0.25, -0.2) is 0 Å². The maximum Gasteiger partial charge on any atom is 0.222 e. The summed E-state index contributed by atoms with van der Waals surface area (Å²) in [5, 5.41) is 2.88. The van der Waals surface area contributed by atoms with E-state index in [9.17, 15) is 4.79 Å². The summed E-state index contributed by atoms with van der Waals surface area (Å²) in [5.41, 5.74) is 1.00. The van der Waals surface area contributed by atoms with Crippen molar-refractivity contribution in [1.29, 1.82) is 0 Å². The average Bonchev–Trinajstić information content (AvgIpc) is 2.39. The van der Waals surface area contributed by atoms with Gasteiger partial charge >= 0.3 is 0 Å². The average molecular weight is 265 g/mol. The lowest BCUT2D eigenvalue weighted by molar-refractivity contribution is -0.124. The monoisotopic (exact) mass is 265 g/mol. The second kappa shape index (κ2) is 7.67. The number of nitrogens with one attached hydrogen (secondary N) is 1. The van der Waals surface area contributed by atoms with Gasteiger partial charge < -0.3 is 14.8 Å². The molecule has 0 heterocycles. The van der Waals surface area contributed by atoms with E-state index in [0.29, 0.717) is 19.8 Å². The molecule has 0 saturated heterocycles. The zero-order valence-electron chi connectivity index (χ0n) is 12.2. The number of carbonyl (C=O) groups is 1. The number of benzene rings is 1. The van der Waals surface area contributed by atoms with E-state index in [-0.39, 0.29) is 11.8 Å². The molecule has 0 fully saturated rings. The maximum absolute atomic E-state index is 11.5.